The van der Waals surface area contributed by atoms with E-state index < -0.39 is 10.1 Å². The zero-order chi connectivity index (χ0) is 12.5. The van der Waals surface area contributed by atoms with Crippen molar-refractivity contribution in [3.05, 3.63) is 36.4 Å². The van der Waals surface area contributed by atoms with E-state index in [4.69, 9.17) is 4.55 Å². The molecule has 0 atom stereocenters. The molecule has 2 rings (SSSR count). The zero-order valence-corrected chi connectivity index (χ0v) is 13.1. The Bertz CT molecular complexity index is 743. The molecule has 0 aliphatic heterocycles. The monoisotopic (exact) mass is 289 g/mol. The van der Waals surface area contributed by atoms with Crippen molar-refractivity contribution in [2.24, 2.45) is 4.99 Å². The molecule has 2 aromatic carbocycles. The van der Waals surface area contributed by atoms with Crippen LogP contribution in [0.15, 0.2) is 46.3 Å². The summed E-state index contributed by atoms with van der Waals surface area (Å²) in [5.74, 6) is 0. The molecule has 88 valence electrons. The van der Waals surface area contributed by atoms with E-state index >= 15 is 0 Å². The van der Waals surface area contributed by atoms with Crippen LogP contribution in [0.4, 0.5) is 5.69 Å². The zero-order valence-electron chi connectivity index (χ0n) is 10.5. The van der Waals surface area contributed by atoms with Crippen LogP contribution in [0.2, 0.25) is 0 Å². The molecule has 1 N–H and O–H groups in total. The molecule has 0 aliphatic rings. The van der Waals surface area contributed by atoms with Crippen molar-refractivity contribution in [2.45, 2.75) is 4.90 Å². The van der Waals surface area contributed by atoms with Gasteiger partial charge in [-0.1, -0.05) is 12.1 Å². The van der Waals surface area contributed by atoms with E-state index in [-0.39, 0.29) is 35.9 Å². The average Bonchev–Trinajstić information content (AvgIpc) is 2.27. The summed E-state index contributed by atoms with van der Waals surface area (Å²) in [7, 11) is -4.17. The van der Waals surface area contributed by atoms with Gasteiger partial charge in [0.2, 0.25) is 0 Å². The number of nitrogens with zero attached hydrogens (tertiary/aromatic N) is 1. The summed E-state index contributed by atoms with van der Waals surface area (Å²) in [6, 6.07) is 9.48. The van der Waals surface area contributed by atoms with E-state index in [2.05, 4.69) is 22.4 Å². The van der Waals surface area contributed by atoms with Gasteiger partial charge in [-0.05, 0) is 47.3 Å². The summed E-state index contributed by atoms with van der Waals surface area (Å²) in [4.78, 5) is 3.70. The van der Waals surface area contributed by atoms with Gasteiger partial charge in [0.05, 0.1) is 15.7 Å². The number of aliphatic imine (C=N–C) groups is 1. The number of rotatable bonds is 2. The molecule has 0 saturated heterocycles. The minimum Gasteiger partial charge on any atom is -1.00 e. The van der Waals surface area contributed by atoms with Crippen LogP contribution in [0.3, 0.4) is 0 Å². The Morgan fingerprint density at radius 3 is 2.39 bits per heavy atom. The molecule has 0 amide bonds. The van der Waals surface area contributed by atoms with Gasteiger partial charge in [0, 0.05) is 0 Å². The van der Waals surface area contributed by atoms with E-state index in [1.807, 2.05) is 0 Å². The normalized spacial score (nSPS) is 10.5. The fourth-order valence-electron chi connectivity index (χ4n) is 1.49. The van der Waals surface area contributed by atoms with Gasteiger partial charge in [0.25, 0.3) is 10.1 Å². The number of hydrogen-bond acceptors (Lipinski definition) is 4. The van der Waals surface area contributed by atoms with Gasteiger partial charge >= 0.3 is 29.6 Å². The van der Waals surface area contributed by atoms with Gasteiger partial charge in [0.1, 0.15) is 0 Å². The Hall–Kier alpha value is -0.590. The molecule has 0 saturated carbocycles. The molecule has 0 fully saturated rings. The molecule has 7 heteroatoms. The van der Waals surface area contributed by atoms with Crippen LogP contribution in [0.25, 0.3) is 10.8 Å². The minimum atomic E-state index is -4.17. The molecule has 0 unspecified atom stereocenters. The van der Waals surface area contributed by atoms with E-state index in [0.29, 0.717) is 11.1 Å². The molecule has 0 radical (unpaired) electrons. The summed E-state index contributed by atoms with van der Waals surface area (Å²) in [6.07, 6.45) is 0. The summed E-state index contributed by atoms with van der Waals surface area (Å²) in [5, 5.41) is 3.76. The van der Waals surface area contributed by atoms with Gasteiger partial charge in [-0.2, -0.15) is 13.4 Å². The first-order valence-corrected chi connectivity index (χ1v) is 6.45. The van der Waals surface area contributed by atoms with Crippen LogP contribution in [-0.2, 0) is 10.1 Å². The Morgan fingerprint density at radius 1 is 1.17 bits per heavy atom. The smallest absolute Gasteiger partial charge is 1.00 e. The Balaban J connectivity index is 0.00000162. The second kappa shape index (κ2) is 6.04. The Morgan fingerprint density at radius 2 is 1.78 bits per heavy atom. The van der Waals surface area contributed by atoms with Crippen molar-refractivity contribution in [2.75, 3.05) is 0 Å². The standard InChI is InChI=1S/C11H7NO3S2.Na.H/c13-17(14,15)11-4-2-8-5-10(12-7-16)3-1-9(8)6-11;;/h1-6H,(H,13,14,15);;/q;+1;-1. The fourth-order valence-corrected chi connectivity index (χ4v) is 2.12. The Labute approximate surface area is 133 Å². The number of thiocarbonyl (C=S) groups is 1. The number of isothiocyanates is 1. The molecule has 4 nitrogen and oxygen atoms in total. The molecule has 0 heterocycles. The Kier molecular flexibility index (Phi) is 5.19. The van der Waals surface area contributed by atoms with Crippen LogP contribution in [-0.4, -0.2) is 18.1 Å². The van der Waals surface area contributed by atoms with Crippen molar-refractivity contribution in [1.29, 1.82) is 0 Å². The van der Waals surface area contributed by atoms with Crippen molar-refractivity contribution >= 4 is 44.0 Å². The topological polar surface area (TPSA) is 66.7 Å². The summed E-state index contributed by atoms with van der Waals surface area (Å²) in [5.41, 5.74) is 0.645. The van der Waals surface area contributed by atoms with E-state index in [9.17, 15) is 8.42 Å². The molecule has 2 aromatic rings. The number of benzene rings is 2. The predicted molar refractivity (Wildman–Crippen MR) is 69.6 cm³/mol. The first-order valence-electron chi connectivity index (χ1n) is 4.60. The van der Waals surface area contributed by atoms with Gasteiger partial charge in [-0.15, -0.1) is 0 Å². The third kappa shape index (κ3) is 3.46. The maximum absolute atomic E-state index is 11.0. The largest absolute Gasteiger partial charge is 1.00 e. The van der Waals surface area contributed by atoms with Crippen LogP contribution >= 0.6 is 12.2 Å². The predicted octanol–water partition coefficient (Wildman–Crippen LogP) is -0.0627. The van der Waals surface area contributed by atoms with Crippen molar-refractivity contribution in [3.8, 4) is 0 Å². The van der Waals surface area contributed by atoms with E-state index in [1.165, 1.54) is 12.1 Å². The molecule has 0 aliphatic carbocycles. The van der Waals surface area contributed by atoms with E-state index in [1.54, 1.807) is 24.3 Å². The average molecular weight is 289 g/mol. The van der Waals surface area contributed by atoms with Crippen molar-refractivity contribution < 1.29 is 44.0 Å². The fraction of sp³-hybridized carbons (Fsp3) is 0. The van der Waals surface area contributed by atoms with Crippen molar-refractivity contribution in [3.63, 3.8) is 0 Å². The van der Waals surface area contributed by atoms with Gasteiger partial charge < -0.3 is 1.43 Å². The number of hydrogen-bond donors (Lipinski definition) is 1. The molecule has 0 bridgehead atoms. The first kappa shape index (κ1) is 15.5. The van der Waals surface area contributed by atoms with Crippen LogP contribution in [0.5, 0.6) is 0 Å². The summed E-state index contributed by atoms with van der Waals surface area (Å²) in [6.45, 7) is 0. The maximum Gasteiger partial charge on any atom is 1.00 e. The van der Waals surface area contributed by atoms with Gasteiger partial charge in [-0.25, -0.2) is 0 Å². The third-order valence-corrected chi connectivity index (χ3v) is 3.21. The molecule has 18 heavy (non-hydrogen) atoms. The minimum absolute atomic E-state index is 0. The molecular weight excluding hydrogens is 281 g/mol. The van der Waals surface area contributed by atoms with Crippen LogP contribution in [0.1, 0.15) is 1.43 Å². The second-order valence-corrected chi connectivity index (χ2v) is 4.98. The summed E-state index contributed by atoms with van der Waals surface area (Å²) < 4.78 is 30.8. The quantitative estimate of drug-likeness (QED) is 0.364. The second-order valence-electron chi connectivity index (χ2n) is 3.37. The first-order chi connectivity index (χ1) is 8.00. The molecule has 0 aromatic heterocycles. The van der Waals surface area contributed by atoms with Crippen LogP contribution in [0, 0.1) is 0 Å². The molecule has 0 spiro atoms. The maximum atomic E-state index is 11.0. The van der Waals surface area contributed by atoms with Gasteiger partial charge in [-0.3, -0.25) is 4.55 Å². The SMILES string of the molecule is O=S(=O)(O)c1ccc2cc(N=C=S)ccc2c1.[H-].[Na+]. The summed E-state index contributed by atoms with van der Waals surface area (Å²) >= 11 is 4.50. The van der Waals surface area contributed by atoms with Crippen LogP contribution < -0.4 is 29.6 Å². The van der Waals surface area contributed by atoms with Gasteiger partial charge in [0.15, 0.2) is 0 Å². The van der Waals surface area contributed by atoms with E-state index in [0.717, 1.165) is 5.39 Å². The third-order valence-electron chi connectivity index (χ3n) is 2.27. The van der Waals surface area contributed by atoms with Crippen molar-refractivity contribution in [1.82, 2.24) is 0 Å². The number of fused-ring (bicyclic) bond motifs is 1. The molecular formula is C11H8NNaO3S2.